The van der Waals surface area contributed by atoms with Crippen molar-refractivity contribution in [1.82, 2.24) is 0 Å². The molecule has 0 rings (SSSR count). The average molecular weight is 299 g/mol. The van der Waals surface area contributed by atoms with E-state index in [0.29, 0.717) is 6.42 Å². The van der Waals surface area contributed by atoms with Crippen LogP contribution in [0.15, 0.2) is 0 Å². The van der Waals surface area contributed by atoms with E-state index < -0.39 is 6.09 Å². The van der Waals surface area contributed by atoms with E-state index in [1.807, 2.05) is 6.92 Å². The average Bonchev–Trinajstić information content (AvgIpc) is 2.03. The van der Waals surface area contributed by atoms with Crippen LogP contribution in [-0.2, 0) is 9.53 Å². The molecule has 0 radical (unpaired) electrons. The van der Waals surface area contributed by atoms with Crippen molar-refractivity contribution >= 4 is 34.5 Å². The Morgan fingerprint density at radius 3 is 2.38 bits per heavy atom. The van der Waals surface area contributed by atoms with E-state index in [-0.39, 0.29) is 22.2 Å². The lowest BCUT2D eigenvalue weighted by molar-refractivity contribution is -0.123. The van der Waals surface area contributed by atoms with Gasteiger partial charge in [-0.25, -0.2) is 4.79 Å². The summed E-state index contributed by atoms with van der Waals surface area (Å²) in [4.78, 5) is 21.7. The van der Waals surface area contributed by atoms with Crippen molar-refractivity contribution in [2.45, 2.75) is 24.2 Å². The van der Waals surface area contributed by atoms with Crippen LogP contribution in [0.1, 0.15) is 20.3 Å². The van der Waals surface area contributed by atoms with Gasteiger partial charge in [-0.3, -0.25) is 4.79 Å². The molecule has 0 aliphatic rings. The van der Waals surface area contributed by atoms with Gasteiger partial charge in [-0.15, -0.1) is 0 Å². The molecule has 5 heteroatoms. The number of hydrogen-bond donors (Lipinski definition) is 1. The maximum Gasteiger partial charge on any atom is 0.404 e. The van der Waals surface area contributed by atoms with E-state index in [2.05, 4.69) is 27.3 Å². The van der Waals surface area contributed by atoms with Crippen LogP contribution in [-0.4, -0.2) is 22.4 Å². The molecule has 13 heavy (non-hydrogen) atoms. The highest BCUT2D eigenvalue weighted by Gasteiger charge is 2.22. The molecule has 0 aliphatic carbocycles. The summed E-state index contributed by atoms with van der Waals surface area (Å²) in [6, 6.07) is 0. The van der Waals surface area contributed by atoms with Gasteiger partial charge in [0.2, 0.25) is 0 Å². The van der Waals surface area contributed by atoms with Crippen molar-refractivity contribution in [2.24, 2.45) is 11.7 Å². The fourth-order valence-corrected chi connectivity index (χ4v) is 1.52. The van der Waals surface area contributed by atoms with Crippen molar-refractivity contribution < 1.29 is 14.3 Å². The number of nitrogens with two attached hydrogens (primary N) is 1. The third-order valence-corrected chi connectivity index (χ3v) is 2.59. The molecule has 76 valence electrons. The number of carbonyl (C=O) groups excluding carboxylic acids is 2. The Hall–Kier alpha value is -0.330. The monoisotopic (exact) mass is 299 g/mol. The number of carbonyl (C=O) groups is 2. The lowest BCUT2D eigenvalue weighted by Gasteiger charge is -2.16. The number of halogens is 1. The molecular formula is C8H14INO3. The number of primary amides is 1. The second kappa shape index (κ2) is 6.17. The van der Waals surface area contributed by atoms with Crippen LogP contribution < -0.4 is 5.73 Å². The molecule has 0 aromatic rings. The van der Waals surface area contributed by atoms with Gasteiger partial charge < -0.3 is 10.5 Å². The number of hydrogen-bond acceptors (Lipinski definition) is 3. The quantitative estimate of drug-likeness (QED) is 0.618. The van der Waals surface area contributed by atoms with Gasteiger partial charge in [-0.1, -0.05) is 36.4 Å². The molecular weight excluding hydrogens is 285 g/mol. The normalized spacial score (nSPS) is 14.7. The Morgan fingerprint density at radius 1 is 1.54 bits per heavy atom. The first-order valence-electron chi connectivity index (χ1n) is 4.08. The van der Waals surface area contributed by atoms with Gasteiger partial charge in [0.05, 0.1) is 5.92 Å². The lowest BCUT2D eigenvalue weighted by atomic mass is 10.0. The first-order valence-corrected chi connectivity index (χ1v) is 5.32. The summed E-state index contributed by atoms with van der Waals surface area (Å²) in [5.41, 5.74) is 4.81. The van der Waals surface area contributed by atoms with Gasteiger partial charge in [0.25, 0.3) is 0 Å². The van der Waals surface area contributed by atoms with Gasteiger partial charge in [0.15, 0.2) is 0 Å². The third kappa shape index (κ3) is 5.07. The predicted octanol–water partition coefficient (Wildman–Crippen LogP) is 1.50. The SMILES string of the molecule is CCC(=O)C(COC(N)=O)C(C)I. The molecule has 0 fully saturated rings. The van der Waals surface area contributed by atoms with Crippen molar-refractivity contribution in [3.8, 4) is 0 Å². The van der Waals surface area contributed by atoms with E-state index in [1.54, 1.807) is 6.92 Å². The summed E-state index contributed by atoms with van der Waals surface area (Å²) >= 11 is 2.14. The molecule has 0 spiro atoms. The second-order valence-corrected chi connectivity index (χ2v) is 4.70. The Labute approximate surface area is 91.3 Å². The van der Waals surface area contributed by atoms with Gasteiger partial charge >= 0.3 is 6.09 Å². The maximum atomic E-state index is 11.3. The molecule has 1 amide bonds. The second-order valence-electron chi connectivity index (χ2n) is 2.73. The number of ether oxygens (including phenoxy) is 1. The fourth-order valence-electron chi connectivity index (χ4n) is 0.916. The van der Waals surface area contributed by atoms with Crippen LogP contribution in [0.2, 0.25) is 0 Å². The predicted molar refractivity (Wildman–Crippen MR) is 57.8 cm³/mol. The van der Waals surface area contributed by atoms with Crippen LogP contribution in [0.3, 0.4) is 0 Å². The van der Waals surface area contributed by atoms with Crippen molar-refractivity contribution in [3.05, 3.63) is 0 Å². The van der Waals surface area contributed by atoms with Crippen LogP contribution in [0.25, 0.3) is 0 Å². The standard InChI is InChI=1S/C8H14INO3/c1-3-7(11)6(5(2)9)4-13-8(10)12/h5-6H,3-4H2,1-2H3,(H2,10,12). The fraction of sp³-hybridized carbons (Fsp3) is 0.750. The van der Waals surface area contributed by atoms with Crippen molar-refractivity contribution in [3.63, 3.8) is 0 Å². The molecule has 0 aromatic carbocycles. The molecule has 2 N–H and O–H groups in total. The van der Waals surface area contributed by atoms with Crippen LogP contribution in [0.4, 0.5) is 4.79 Å². The highest BCUT2D eigenvalue weighted by Crippen LogP contribution is 2.16. The molecule has 0 saturated carbocycles. The van der Waals surface area contributed by atoms with Gasteiger partial charge in [-0.2, -0.15) is 0 Å². The third-order valence-electron chi connectivity index (χ3n) is 1.72. The summed E-state index contributed by atoms with van der Waals surface area (Å²) in [6.07, 6.45) is -0.369. The van der Waals surface area contributed by atoms with Crippen LogP contribution in [0, 0.1) is 5.92 Å². The first-order chi connectivity index (χ1) is 5.99. The maximum absolute atomic E-state index is 11.3. The Balaban J connectivity index is 4.10. The zero-order chi connectivity index (χ0) is 10.4. The van der Waals surface area contributed by atoms with Crippen molar-refractivity contribution in [1.29, 1.82) is 0 Å². The zero-order valence-electron chi connectivity index (χ0n) is 7.75. The minimum atomic E-state index is -0.828. The summed E-state index contributed by atoms with van der Waals surface area (Å²) < 4.78 is 4.74. The highest BCUT2D eigenvalue weighted by molar-refractivity contribution is 14.1. The number of alkyl halides is 1. The van der Waals surface area contributed by atoms with E-state index >= 15 is 0 Å². The lowest BCUT2D eigenvalue weighted by Crippen LogP contribution is -2.29. The Morgan fingerprint density at radius 2 is 2.08 bits per heavy atom. The van der Waals surface area contributed by atoms with Gasteiger partial charge in [0, 0.05) is 10.3 Å². The summed E-state index contributed by atoms with van der Waals surface area (Å²) in [7, 11) is 0. The van der Waals surface area contributed by atoms with Crippen molar-refractivity contribution in [2.75, 3.05) is 6.61 Å². The molecule has 0 heterocycles. The largest absolute Gasteiger partial charge is 0.449 e. The molecule has 0 aliphatic heterocycles. The topological polar surface area (TPSA) is 69.4 Å². The van der Waals surface area contributed by atoms with Crippen LogP contribution in [0.5, 0.6) is 0 Å². The van der Waals surface area contributed by atoms with E-state index in [4.69, 9.17) is 5.73 Å². The number of amides is 1. The van der Waals surface area contributed by atoms with Gasteiger partial charge in [-0.05, 0) is 0 Å². The van der Waals surface area contributed by atoms with Gasteiger partial charge in [0.1, 0.15) is 12.4 Å². The molecule has 0 bridgehead atoms. The van der Waals surface area contributed by atoms with Crippen LogP contribution >= 0.6 is 22.6 Å². The molecule has 0 saturated heterocycles. The minimum absolute atomic E-state index is 0.0894. The summed E-state index contributed by atoms with van der Waals surface area (Å²) in [5.74, 6) is -0.138. The molecule has 2 atom stereocenters. The smallest absolute Gasteiger partial charge is 0.404 e. The zero-order valence-corrected chi connectivity index (χ0v) is 9.91. The first kappa shape index (κ1) is 12.7. The number of Topliss-reactive ketones (excluding diaryl/α,β-unsaturated/α-hetero) is 1. The summed E-state index contributed by atoms with van der Waals surface area (Å²) in [5, 5.41) is 0. The minimum Gasteiger partial charge on any atom is -0.449 e. The number of rotatable bonds is 5. The Bertz CT molecular complexity index is 194. The highest BCUT2D eigenvalue weighted by atomic mass is 127. The molecule has 2 unspecified atom stereocenters. The van der Waals surface area contributed by atoms with E-state index in [9.17, 15) is 9.59 Å². The van der Waals surface area contributed by atoms with E-state index in [1.165, 1.54) is 0 Å². The molecule has 0 aromatic heterocycles. The number of ketones is 1. The van der Waals surface area contributed by atoms with E-state index in [0.717, 1.165) is 0 Å². The summed E-state index contributed by atoms with van der Waals surface area (Å²) in [6.45, 7) is 3.79. The molecule has 4 nitrogen and oxygen atoms in total. The Kier molecular flexibility index (Phi) is 6.02.